The summed E-state index contributed by atoms with van der Waals surface area (Å²) in [6, 6.07) is 10.9. The number of hydrogen-bond acceptors (Lipinski definition) is 6. The molecule has 2 aliphatic rings. The van der Waals surface area contributed by atoms with Crippen LogP contribution < -0.4 is 14.8 Å². The van der Waals surface area contributed by atoms with E-state index in [2.05, 4.69) is 4.90 Å². The van der Waals surface area contributed by atoms with Crippen LogP contribution in [0.3, 0.4) is 0 Å². The number of hydrogen-bond donors (Lipinski definition) is 3. The number of fused-ring (bicyclic) bond motifs is 2. The molecule has 1 heterocycles. The van der Waals surface area contributed by atoms with E-state index in [0.29, 0.717) is 36.8 Å². The fourth-order valence-corrected chi connectivity index (χ4v) is 7.08. The maximum absolute atomic E-state index is 11.8. The molecule has 0 radical (unpaired) electrons. The second-order valence-electron chi connectivity index (χ2n) is 11.4. The van der Waals surface area contributed by atoms with Gasteiger partial charge < -0.3 is 19.8 Å². The topological polar surface area (TPSA) is 130 Å². The zero-order chi connectivity index (χ0) is 29.6. The molecule has 0 spiro atoms. The normalized spacial score (nSPS) is 21.1. The third-order valence-electron chi connectivity index (χ3n) is 8.44. The number of carbonyl (C=O) groups is 1. The second-order valence-corrected chi connectivity index (χ2v) is 13.4. The lowest BCUT2D eigenvalue weighted by Crippen LogP contribution is -2.43. The van der Waals surface area contributed by atoms with Gasteiger partial charge in [-0.15, -0.1) is 0 Å². The lowest BCUT2D eigenvalue weighted by molar-refractivity contribution is 0.0461. The van der Waals surface area contributed by atoms with Crippen LogP contribution in [0, 0.1) is 17.8 Å². The maximum atomic E-state index is 11.8. The van der Waals surface area contributed by atoms with E-state index >= 15 is 0 Å². The Labute approximate surface area is 248 Å². The van der Waals surface area contributed by atoms with Crippen LogP contribution >= 0.6 is 11.6 Å². The fraction of sp³-hybridized carbons (Fsp3) is 0.516. The Hall–Kier alpha value is -2.59. The van der Waals surface area contributed by atoms with Crippen molar-refractivity contribution < 1.29 is 28.2 Å². The molecule has 0 aromatic heterocycles. The van der Waals surface area contributed by atoms with Crippen LogP contribution in [-0.4, -0.2) is 49.5 Å². The van der Waals surface area contributed by atoms with Crippen molar-refractivity contribution in [1.82, 2.24) is 0 Å². The minimum Gasteiger partial charge on any atom is -0.487 e. The Morgan fingerprint density at radius 1 is 1.20 bits per heavy atom. The first kappa shape index (κ1) is 31.3. The molecule has 4 rings (SSSR count). The Bertz CT molecular complexity index is 1350. The summed E-state index contributed by atoms with van der Waals surface area (Å²) < 4.78 is 29.2. The van der Waals surface area contributed by atoms with Crippen molar-refractivity contribution in [3.8, 4) is 5.75 Å². The molecule has 1 aliphatic carbocycles. The summed E-state index contributed by atoms with van der Waals surface area (Å²) in [6.45, 7) is 3.70. The van der Waals surface area contributed by atoms with E-state index in [4.69, 9.17) is 21.5 Å². The van der Waals surface area contributed by atoms with E-state index in [1.807, 2.05) is 31.2 Å². The number of primary sulfonamides is 1. The van der Waals surface area contributed by atoms with Gasteiger partial charge in [-0.1, -0.05) is 43.2 Å². The number of nitrogens with zero attached hydrogens (tertiary/aromatic N) is 1. The van der Waals surface area contributed by atoms with Gasteiger partial charge in [0.25, 0.3) is 0 Å². The smallest absolute Gasteiger partial charge is 0.335 e. The van der Waals surface area contributed by atoms with Gasteiger partial charge in [-0.25, -0.2) is 18.4 Å². The maximum Gasteiger partial charge on any atom is 0.335 e. The highest BCUT2D eigenvalue weighted by atomic mass is 35.5. The van der Waals surface area contributed by atoms with Crippen LogP contribution in [0.15, 0.2) is 48.6 Å². The van der Waals surface area contributed by atoms with Crippen molar-refractivity contribution in [2.24, 2.45) is 22.9 Å². The summed E-state index contributed by atoms with van der Waals surface area (Å²) >= 11 is 6.27. The number of nitrogens with two attached hydrogens (primary N) is 1. The largest absolute Gasteiger partial charge is 0.487 e. The summed E-state index contributed by atoms with van der Waals surface area (Å²) in [6.07, 6.45) is 8.87. The second kappa shape index (κ2) is 14.1. The zero-order valence-corrected chi connectivity index (χ0v) is 25.1. The monoisotopic (exact) mass is 604 g/mol. The first-order chi connectivity index (χ1) is 19.5. The molecule has 0 unspecified atom stereocenters. The highest BCUT2D eigenvalue weighted by molar-refractivity contribution is 7.89. The molecule has 8 nitrogen and oxygen atoms in total. The van der Waals surface area contributed by atoms with E-state index in [-0.39, 0.29) is 29.1 Å². The first-order valence-corrected chi connectivity index (χ1v) is 16.5. The molecule has 1 fully saturated rings. The standard InChI is InChI=1S/C31H41ClN2O6S/c1-2-21(20-41(33,38)39)6-5-8-29(35)27-13-10-24(27)18-34-15-4-3-7-22-16-26(32)12-9-25(22)19-40-30-14-11-23(31(36)37)17-28(30)34/h5,8-9,11-12,14,16-17,21,24,27,29,35H,2-4,6-7,10,13,15,18-20H2,1H3,(H,36,37)(H2,33,38,39)/b8-5+/t21-,24-,27+,29-/m0/s1. The average Bonchev–Trinajstić information content (AvgIpc) is 2.92. The number of aromatic carboxylic acids is 1. The zero-order valence-electron chi connectivity index (χ0n) is 23.5. The van der Waals surface area contributed by atoms with Crippen molar-refractivity contribution in [3.63, 3.8) is 0 Å². The molecule has 2 aromatic carbocycles. The van der Waals surface area contributed by atoms with Gasteiger partial charge in [-0.2, -0.15) is 0 Å². The molecule has 0 saturated heterocycles. The van der Waals surface area contributed by atoms with Crippen LogP contribution in [0.4, 0.5) is 5.69 Å². The van der Waals surface area contributed by atoms with Crippen molar-refractivity contribution >= 4 is 33.3 Å². The van der Waals surface area contributed by atoms with Crippen LogP contribution in [-0.2, 0) is 23.1 Å². The molecule has 1 saturated carbocycles. The summed E-state index contributed by atoms with van der Waals surface area (Å²) in [5.41, 5.74) is 3.20. The molecule has 0 bridgehead atoms. The number of carboxylic acids is 1. The van der Waals surface area contributed by atoms with Crippen molar-refractivity contribution in [2.75, 3.05) is 23.7 Å². The van der Waals surface area contributed by atoms with Crippen LogP contribution in [0.2, 0.25) is 5.02 Å². The van der Waals surface area contributed by atoms with E-state index < -0.39 is 22.1 Å². The number of halogens is 1. The van der Waals surface area contributed by atoms with Crippen LogP contribution in [0.25, 0.3) is 0 Å². The number of aliphatic hydroxyl groups is 1. The highest BCUT2D eigenvalue weighted by Crippen LogP contribution is 2.41. The molecule has 4 N–H and O–H groups in total. The fourth-order valence-electron chi connectivity index (χ4n) is 5.86. The third-order valence-corrected chi connectivity index (χ3v) is 9.61. The lowest BCUT2D eigenvalue weighted by Gasteiger charge is -2.42. The minimum atomic E-state index is -3.54. The molecule has 224 valence electrons. The Kier molecular flexibility index (Phi) is 10.7. The number of ether oxygens (including phenoxy) is 1. The van der Waals surface area contributed by atoms with Gasteiger partial charge in [-0.3, -0.25) is 0 Å². The van der Waals surface area contributed by atoms with Gasteiger partial charge in [0.05, 0.1) is 23.1 Å². The summed E-state index contributed by atoms with van der Waals surface area (Å²) in [5.74, 6) is -0.204. The number of anilines is 1. The Morgan fingerprint density at radius 2 is 2.00 bits per heavy atom. The van der Waals surface area contributed by atoms with Gasteiger partial charge in [0.2, 0.25) is 10.0 Å². The highest BCUT2D eigenvalue weighted by Gasteiger charge is 2.36. The number of aliphatic hydroxyl groups excluding tert-OH is 1. The van der Waals surface area contributed by atoms with E-state index in [0.717, 1.165) is 55.5 Å². The van der Waals surface area contributed by atoms with Gasteiger partial charge in [0, 0.05) is 18.1 Å². The Balaban J connectivity index is 1.50. The number of aryl methyl sites for hydroxylation is 1. The predicted octanol–water partition coefficient (Wildman–Crippen LogP) is 5.41. The van der Waals surface area contributed by atoms with E-state index in [1.165, 1.54) is 0 Å². The van der Waals surface area contributed by atoms with Crippen molar-refractivity contribution in [2.45, 2.75) is 64.6 Å². The van der Waals surface area contributed by atoms with E-state index in [9.17, 15) is 23.4 Å². The molecule has 41 heavy (non-hydrogen) atoms. The first-order valence-electron chi connectivity index (χ1n) is 14.4. The summed E-state index contributed by atoms with van der Waals surface area (Å²) in [7, 11) is -3.54. The number of carboxylic acid groups (broad SMARTS) is 1. The van der Waals surface area contributed by atoms with Gasteiger partial charge in [0.1, 0.15) is 12.4 Å². The molecular formula is C31H41ClN2O6S. The Morgan fingerprint density at radius 3 is 2.68 bits per heavy atom. The average molecular weight is 605 g/mol. The van der Waals surface area contributed by atoms with Gasteiger partial charge >= 0.3 is 5.97 Å². The molecule has 0 amide bonds. The predicted molar refractivity (Wildman–Crippen MR) is 162 cm³/mol. The molecule has 10 heteroatoms. The van der Waals surface area contributed by atoms with E-state index in [1.54, 1.807) is 24.3 Å². The number of rotatable bonds is 10. The molecular weight excluding hydrogens is 564 g/mol. The third kappa shape index (κ3) is 8.70. The van der Waals surface area contributed by atoms with Gasteiger partial charge in [-0.05, 0) is 97.7 Å². The molecule has 1 aliphatic heterocycles. The van der Waals surface area contributed by atoms with Gasteiger partial charge in [0.15, 0.2) is 0 Å². The van der Waals surface area contributed by atoms with Crippen LogP contribution in [0.1, 0.15) is 66.9 Å². The SMILES string of the molecule is CC[C@@H](C/C=C/[C@H](O)[C@@H]1CC[C@H]1CN1CCCCc2cc(Cl)ccc2COc2ccc(C(=O)O)cc21)CS(N)(=O)=O. The molecule has 4 atom stereocenters. The summed E-state index contributed by atoms with van der Waals surface area (Å²) in [4.78, 5) is 14.1. The summed E-state index contributed by atoms with van der Waals surface area (Å²) in [5, 5.41) is 26.6. The molecule has 2 aromatic rings. The van der Waals surface area contributed by atoms with Crippen molar-refractivity contribution in [3.05, 3.63) is 70.3 Å². The van der Waals surface area contributed by atoms with Crippen molar-refractivity contribution in [1.29, 1.82) is 0 Å². The quantitative estimate of drug-likeness (QED) is 0.309. The van der Waals surface area contributed by atoms with Crippen LogP contribution in [0.5, 0.6) is 5.75 Å². The number of sulfonamides is 1. The number of benzene rings is 2. The number of allylic oxidation sites excluding steroid dienone is 1. The minimum absolute atomic E-state index is 0.0666. The lowest BCUT2D eigenvalue weighted by atomic mass is 9.70.